The van der Waals surface area contributed by atoms with E-state index in [9.17, 15) is 4.79 Å². The molecule has 4 nitrogen and oxygen atoms in total. The molecule has 0 radical (unpaired) electrons. The van der Waals surface area contributed by atoms with Gasteiger partial charge >= 0.3 is 0 Å². The smallest absolute Gasteiger partial charge is 0.227 e. The molecular weight excluding hydrogens is 246 g/mol. The highest BCUT2D eigenvalue weighted by Crippen LogP contribution is 2.28. The van der Waals surface area contributed by atoms with Crippen molar-refractivity contribution in [3.63, 3.8) is 0 Å². The Labute approximate surface area is 112 Å². The third-order valence-corrected chi connectivity index (χ3v) is 4.27. The van der Waals surface area contributed by atoms with Gasteiger partial charge in [0.05, 0.1) is 5.69 Å². The number of nitrogens with one attached hydrogen (secondary N) is 2. The number of rotatable bonds is 4. The summed E-state index contributed by atoms with van der Waals surface area (Å²) < 4.78 is 0. The first-order valence-electron chi connectivity index (χ1n) is 6.72. The van der Waals surface area contributed by atoms with Gasteiger partial charge in [0.25, 0.3) is 0 Å². The second-order valence-electron chi connectivity index (χ2n) is 4.70. The molecule has 5 heteroatoms. The lowest BCUT2D eigenvalue weighted by Crippen LogP contribution is -2.18. The van der Waals surface area contributed by atoms with Gasteiger partial charge in [0.2, 0.25) is 5.91 Å². The van der Waals surface area contributed by atoms with Crippen LogP contribution in [-0.2, 0) is 17.6 Å². The molecule has 1 aliphatic rings. The van der Waals surface area contributed by atoms with Gasteiger partial charge in [-0.2, -0.15) is 0 Å². The van der Waals surface area contributed by atoms with Crippen molar-refractivity contribution >= 4 is 22.4 Å². The van der Waals surface area contributed by atoms with Gasteiger partial charge in [-0.15, -0.1) is 11.3 Å². The van der Waals surface area contributed by atoms with E-state index in [1.165, 1.54) is 36.3 Å². The van der Waals surface area contributed by atoms with Gasteiger partial charge in [-0.1, -0.05) is 12.8 Å². The number of thiazole rings is 1. The SMILES string of the molecule is CNCCC(=O)Nc1nc2c(s1)CCCCCC2. The molecule has 1 heterocycles. The number of carbonyl (C=O) groups excluding carboxylic acids is 1. The molecule has 0 aromatic carbocycles. The van der Waals surface area contributed by atoms with Gasteiger partial charge in [0.15, 0.2) is 5.13 Å². The van der Waals surface area contributed by atoms with Gasteiger partial charge in [0.1, 0.15) is 0 Å². The Morgan fingerprint density at radius 3 is 2.83 bits per heavy atom. The second-order valence-corrected chi connectivity index (χ2v) is 5.79. The number of fused-ring (bicyclic) bond motifs is 1. The highest BCUT2D eigenvalue weighted by Gasteiger charge is 2.14. The molecule has 18 heavy (non-hydrogen) atoms. The average molecular weight is 267 g/mol. The predicted molar refractivity (Wildman–Crippen MR) is 75.2 cm³/mol. The largest absolute Gasteiger partial charge is 0.319 e. The molecule has 0 saturated carbocycles. The molecule has 0 saturated heterocycles. The first kappa shape index (κ1) is 13.5. The summed E-state index contributed by atoms with van der Waals surface area (Å²) in [6.45, 7) is 0.705. The van der Waals surface area contributed by atoms with E-state index in [-0.39, 0.29) is 5.91 Å². The van der Waals surface area contributed by atoms with Crippen LogP contribution in [0, 0.1) is 0 Å². The molecule has 1 aromatic heterocycles. The predicted octanol–water partition coefficient (Wildman–Crippen LogP) is 2.35. The molecule has 1 aliphatic carbocycles. The van der Waals surface area contributed by atoms with Gasteiger partial charge in [-0.25, -0.2) is 4.98 Å². The molecule has 0 spiro atoms. The zero-order chi connectivity index (χ0) is 12.8. The van der Waals surface area contributed by atoms with Crippen LogP contribution in [0.4, 0.5) is 5.13 Å². The van der Waals surface area contributed by atoms with Crippen LogP contribution in [0.25, 0.3) is 0 Å². The topological polar surface area (TPSA) is 54.0 Å². The third kappa shape index (κ3) is 3.78. The van der Waals surface area contributed by atoms with Gasteiger partial charge < -0.3 is 10.6 Å². The zero-order valence-corrected chi connectivity index (χ0v) is 11.7. The van der Waals surface area contributed by atoms with Crippen LogP contribution in [0.5, 0.6) is 0 Å². The summed E-state index contributed by atoms with van der Waals surface area (Å²) in [7, 11) is 1.85. The standard InChI is InChI=1S/C13H21N3OS/c1-14-9-8-12(17)16-13-15-10-6-4-2-3-5-7-11(10)18-13/h14H,2-9H2,1H3,(H,15,16,17). The van der Waals surface area contributed by atoms with E-state index in [1.807, 2.05) is 7.05 Å². The van der Waals surface area contributed by atoms with E-state index in [1.54, 1.807) is 11.3 Å². The lowest BCUT2D eigenvalue weighted by molar-refractivity contribution is -0.116. The number of aromatic nitrogens is 1. The maximum Gasteiger partial charge on any atom is 0.227 e. The number of hydrogen-bond acceptors (Lipinski definition) is 4. The second kappa shape index (κ2) is 6.85. The van der Waals surface area contributed by atoms with Crippen molar-refractivity contribution in [2.45, 2.75) is 44.9 Å². The normalized spacial score (nSPS) is 15.6. The fourth-order valence-corrected chi connectivity index (χ4v) is 3.25. The van der Waals surface area contributed by atoms with Crippen molar-refractivity contribution in [1.82, 2.24) is 10.3 Å². The lowest BCUT2D eigenvalue weighted by atomic mass is 10.0. The number of anilines is 1. The van der Waals surface area contributed by atoms with Crippen LogP contribution >= 0.6 is 11.3 Å². The summed E-state index contributed by atoms with van der Waals surface area (Å²) >= 11 is 1.66. The summed E-state index contributed by atoms with van der Waals surface area (Å²) in [5, 5.41) is 6.66. The van der Waals surface area contributed by atoms with Gasteiger partial charge in [-0.3, -0.25) is 4.79 Å². The summed E-state index contributed by atoms with van der Waals surface area (Å²) in [5.41, 5.74) is 1.21. The molecular formula is C13H21N3OS. The van der Waals surface area contributed by atoms with E-state index < -0.39 is 0 Å². The van der Waals surface area contributed by atoms with Crippen LogP contribution in [-0.4, -0.2) is 24.5 Å². The Hall–Kier alpha value is -0.940. The molecule has 0 bridgehead atoms. The summed E-state index contributed by atoms with van der Waals surface area (Å²) in [6, 6.07) is 0. The number of carbonyl (C=O) groups is 1. The molecule has 0 fully saturated rings. The highest BCUT2D eigenvalue weighted by atomic mass is 32.1. The summed E-state index contributed by atoms with van der Waals surface area (Å²) in [6.07, 6.45) is 7.80. The van der Waals surface area contributed by atoms with Crippen LogP contribution < -0.4 is 10.6 Å². The molecule has 0 unspecified atom stereocenters. The van der Waals surface area contributed by atoms with Gasteiger partial charge in [-0.05, 0) is 32.7 Å². The van der Waals surface area contributed by atoms with Crippen LogP contribution in [0.15, 0.2) is 0 Å². The number of nitrogens with zero attached hydrogens (tertiary/aromatic N) is 1. The molecule has 100 valence electrons. The minimum Gasteiger partial charge on any atom is -0.319 e. The Balaban J connectivity index is 1.97. The Morgan fingerprint density at radius 1 is 1.28 bits per heavy atom. The lowest BCUT2D eigenvalue weighted by Gasteiger charge is -2.06. The van der Waals surface area contributed by atoms with Crippen LogP contribution in [0.2, 0.25) is 0 Å². The average Bonchev–Trinajstić information content (AvgIpc) is 2.68. The molecule has 2 N–H and O–H groups in total. The fraction of sp³-hybridized carbons (Fsp3) is 0.692. The first-order valence-corrected chi connectivity index (χ1v) is 7.54. The van der Waals surface area contributed by atoms with E-state index in [2.05, 4.69) is 15.6 Å². The minimum absolute atomic E-state index is 0.0473. The minimum atomic E-state index is 0.0473. The van der Waals surface area contributed by atoms with Crippen molar-refractivity contribution in [3.8, 4) is 0 Å². The van der Waals surface area contributed by atoms with Crippen molar-refractivity contribution in [1.29, 1.82) is 0 Å². The number of hydrogen-bond donors (Lipinski definition) is 2. The van der Waals surface area contributed by atoms with E-state index in [0.717, 1.165) is 18.0 Å². The van der Waals surface area contributed by atoms with E-state index >= 15 is 0 Å². The van der Waals surface area contributed by atoms with Gasteiger partial charge in [0, 0.05) is 17.8 Å². The molecule has 0 atom stereocenters. The Morgan fingerprint density at radius 2 is 2.06 bits per heavy atom. The van der Waals surface area contributed by atoms with E-state index in [4.69, 9.17) is 0 Å². The van der Waals surface area contributed by atoms with Crippen LogP contribution in [0.3, 0.4) is 0 Å². The quantitative estimate of drug-likeness (QED) is 0.880. The fourth-order valence-electron chi connectivity index (χ4n) is 2.18. The molecule has 2 rings (SSSR count). The Kier molecular flexibility index (Phi) is 5.13. The van der Waals surface area contributed by atoms with E-state index in [0.29, 0.717) is 13.0 Å². The maximum absolute atomic E-state index is 11.6. The maximum atomic E-state index is 11.6. The third-order valence-electron chi connectivity index (χ3n) is 3.19. The number of amides is 1. The highest BCUT2D eigenvalue weighted by molar-refractivity contribution is 7.15. The summed E-state index contributed by atoms with van der Waals surface area (Å²) in [4.78, 5) is 17.6. The Bertz CT molecular complexity index is 377. The van der Waals surface area contributed by atoms with Crippen LogP contribution in [0.1, 0.15) is 42.7 Å². The first-order chi connectivity index (χ1) is 8.79. The van der Waals surface area contributed by atoms with Crippen molar-refractivity contribution in [2.75, 3.05) is 18.9 Å². The summed E-state index contributed by atoms with van der Waals surface area (Å²) in [5.74, 6) is 0.0473. The number of aryl methyl sites for hydroxylation is 2. The monoisotopic (exact) mass is 267 g/mol. The van der Waals surface area contributed by atoms with Crippen molar-refractivity contribution in [2.24, 2.45) is 0 Å². The molecule has 1 aromatic rings. The van der Waals surface area contributed by atoms with Crippen molar-refractivity contribution in [3.05, 3.63) is 10.6 Å². The zero-order valence-electron chi connectivity index (χ0n) is 10.9. The molecule has 0 aliphatic heterocycles. The van der Waals surface area contributed by atoms with Crippen molar-refractivity contribution < 1.29 is 4.79 Å². The molecule has 1 amide bonds.